The van der Waals surface area contributed by atoms with Gasteiger partial charge in [-0.25, -0.2) is 27.7 Å². The highest BCUT2D eigenvalue weighted by atomic mass is 32.2. The number of methoxy groups -OCH3 is 1. The van der Waals surface area contributed by atoms with Crippen molar-refractivity contribution in [2.24, 2.45) is 15.1 Å². The summed E-state index contributed by atoms with van der Waals surface area (Å²) in [5, 5.41) is 11.2. The molecule has 1 aromatic carbocycles. The summed E-state index contributed by atoms with van der Waals surface area (Å²) in [6.07, 6.45) is -2.09. The first kappa shape index (κ1) is 30.5. The Kier molecular flexibility index (Phi) is 8.24. The number of halogens is 4. The van der Waals surface area contributed by atoms with Crippen molar-refractivity contribution >= 4 is 21.5 Å². The molecular formula is C24H26F4N6O5S. The lowest BCUT2D eigenvalue weighted by molar-refractivity contribution is -0.192. The second-order valence-electron chi connectivity index (χ2n) is 9.27. The fourth-order valence-corrected chi connectivity index (χ4v) is 6.07. The van der Waals surface area contributed by atoms with Crippen LogP contribution in [0.15, 0.2) is 50.5 Å². The Hall–Kier alpha value is -4.08. The molecule has 0 spiro atoms. The van der Waals surface area contributed by atoms with Crippen molar-refractivity contribution in [2.75, 3.05) is 19.9 Å². The number of ether oxygens (including phenoxy) is 1. The average Bonchev–Trinajstić information content (AvgIpc) is 3.38. The van der Waals surface area contributed by atoms with Gasteiger partial charge in [0.25, 0.3) is 0 Å². The molecular weight excluding hydrogens is 560 g/mol. The topological polar surface area (TPSA) is 166 Å². The highest BCUT2D eigenvalue weighted by molar-refractivity contribution is 7.95. The molecule has 0 saturated carbocycles. The highest BCUT2D eigenvalue weighted by Crippen LogP contribution is 2.40. The van der Waals surface area contributed by atoms with Crippen molar-refractivity contribution in [3.63, 3.8) is 0 Å². The smallest absolute Gasteiger partial charge is 0.480 e. The van der Waals surface area contributed by atoms with E-state index in [4.69, 9.17) is 24.9 Å². The van der Waals surface area contributed by atoms with Crippen LogP contribution < -0.4 is 10.5 Å². The van der Waals surface area contributed by atoms with Crippen LogP contribution in [0.25, 0.3) is 22.7 Å². The van der Waals surface area contributed by atoms with Gasteiger partial charge in [0.15, 0.2) is 5.76 Å². The number of carbonyl (C=O) groups is 1. The van der Waals surface area contributed by atoms with Crippen LogP contribution in [0.5, 0.6) is 5.88 Å². The van der Waals surface area contributed by atoms with Gasteiger partial charge in [-0.2, -0.15) is 13.2 Å². The molecule has 1 unspecified atom stereocenters. The number of aliphatic imine (C=N–C) groups is 1. The first-order valence-corrected chi connectivity index (χ1v) is 13.1. The van der Waals surface area contributed by atoms with Gasteiger partial charge in [-0.3, -0.25) is 4.99 Å². The molecule has 0 saturated heterocycles. The zero-order valence-corrected chi connectivity index (χ0v) is 22.8. The third-order valence-electron chi connectivity index (χ3n) is 6.24. The quantitative estimate of drug-likeness (QED) is 0.429. The molecule has 3 N–H and O–H groups in total. The molecule has 3 aromatic rings. The van der Waals surface area contributed by atoms with E-state index in [1.54, 1.807) is 39.0 Å². The molecule has 40 heavy (non-hydrogen) atoms. The van der Waals surface area contributed by atoms with Crippen molar-refractivity contribution in [2.45, 2.75) is 37.2 Å². The zero-order chi connectivity index (χ0) is 30.1. The van der Waals surface area contributed by atoms with Gasteiger partial charge in [-0.1, -0.05) is 5.16 Å². The van der Waals surface area contributed by atoms with Crippen molar-refractivity contribution in [1.82, 2.24) is 15.1 Å². The molecule has 11 nitrogen and oxygen atoms in total. The largest absolute Gasteiger partial charge is 0.490 e. The standard InChI is InChI=1S/C22H25FN6O3S.C2HF3O2/c1-21(2)20(24)28-22(3,12-33(21,30)25-4)14-8-13(6-7-15(14)23)18-9-16(29-32-18)17-10-27-19(31-5)11-26-17;3-2(4,5)1(6)7/h6-11H,12H2,1-5H3,(H2,24,28);(H,6,7)/t22-,33?;/m0./s1. The van der Waals surface area contributed by atoms with E-state index in [-0.39, 0.29) is 17.2 Å². The number of aliphatic carboxylic acids is 1. The first-order chi connectivity index (χ1) is 18.5. The molecule has 3 heterocycles. The Morgan fingerprint density at radius 3 is 2.35 bits per heavy atom. The van der Waals surface area contributed by atoms with Crippen LogP contribution in [-0.4, -0.2) is 67.1 Å². The Morgan fingerprint density at radius 2 is 1.82 bits per heavy atom. The molecule has 0 fully saturated rings. The summed E-state index contributed by atoms with van der Waals surface area (Å²) in [5.41, 5.74) is 6.82. The third-order valence-corrected chi connectivity index (χ3v) is 9.58. The molecule has 1 aliphatic heterocycles. The van der Waals surface area contributed by atoms with Gasteiger partial charge in [-0.15, -0.1) is 0 Å². The van der Waals surface area contributed by atoms with Gasteiger partial charge in [0.2, 0.25) is 5.88 Å². The second kappa shape index (κ2) is 10.8. The minimum absolute atomic E-state index is 0.0354. The van der Waals surface area contributed by atoms with E-state index < -0.39 is 38.0 Å². The number of nitrogens with zero attached hydrogens (tertiary/aromatic N) is 5. The SMILES string of the molecule is CN=S1(=O)C[C@@](C)(c2cc(-c3cc(-c4cnc(OC)cn4)no3)ccc2F)N=C(N)C1(C)C.O=C(O)C(F)(F)F. The van der Waals surface area contributed by atoms with Gasteiger partial charge in [-0.05, 0) is 39.0 Å². The molecule has 4 rings (SSSR count). The monoisotopic (exact) mass is 586 g/mol. The lowest BCUT2D eigenvalue weighted by Crippen LogP contribution is -2.54. The fourth-order valence-electron chi connectivity index (χ4n) is 3.77. The van der Waals surface area contributed by atoms with Gasteiger partial charge in [0.05, 0.1) is 35.0 Å². The number of nitrogens with two attached hydrogens (primary N) is 1. The number of amidine groups is 1. The number of carboxylic acid groups (broad SMARTS) is 1. The van der Waals surface area contributed by atoms with Crippen LogP contribution in [-0.2, 0) is 20.1 Å². The summed E-state index contributed by atoms with van der Waals surface area (Å²) in [6, 6.07) is 6.20. The lowest BCUT2D eigenvalue weighted by Gasteiger charge is -2.40. The lowest BCUT2D eigenvalue weighted by atomic mass is 9.91. The molecule has 1 aliphatic rings. The number of hydrogen-bond donors (Lipinski definition) is 2. The number of aromatic nitrogens is 3. The number of carboxylic acids is 1. The maximum Gasteiger partial charge on any atom is 0.490 e. The number of alkyl halides is 3. The normalized spacial score (nSPS) is 22.0. The number of hydrogen-bond acceptors (Lipinski definition) is 10. The predicted molar refractivity (Wildman–Crippen MR) is 138 cm³/mol. The van der Waals surface area contributed by atoms with E-state index in [0.29, 0.717) is 28.6 Å². The van der Waals surface area contributed by atoms with Crippen molar-refractivity contribution < 1.29 is 40.9 Å². The summed E-state index contributed by atoms with van der Waals surface area (Å²) in [6.45, 7) is 5.19. The summed E-state index contributed by atoms with van der Waals surface area (Å²) in [7, 11) is 0.195. The van der Waals surface area contributed by atoms with Crippen LogP contribution >= 0.6 is 0 Å². The van der Waals surface area contributed by atoms with E-state index in [1.165, 1.54) is 32.6 Å². The van der Waals surface area contributed by atoms with Crippen LogP contribution in [0.2, 0.25) is 0 Å². The van der Waals surface area contributed by atoms with Gasteiger partial charge in [0.1, 0.15) is 33.3 Å². The minimum Gasteiger partial charge on any atom is -0.480 e. The Morgan fingerprint density at radius 1 is 1.18 bits per heavy atom. The molecule has 2 atom stereocenters. The van der Waals surface area contributed by atoms with Gasteiger partial charge in [0, 0.05) is 24.2 Å². The average molecular weight is 587 g/mol. The van der Waals surface area contributed by atoms with E-state index >= 15 is 4.39 Å². The second-order valence-corrected chi connectivity index (χ2v) is 12.2. The van der Waals surface area contributed by atoms with Gasteiger partial charge < -0.3 is 20.1 Å². The third kappa shape index (κ3) is 5.90. The number of rotatable bonds is 4. The van der Waals surface area contributed by atoms with Crippen LogP contribution in [0, 0.1) is 5.82 Å². The van der Waals surface area contributed by atoms with E-state index in [9.17, 15) is 17.4 Å². The molecule has 0 radical (unpaired) electrons. The maximum atomic E-state index is 15.0. The van der Waals surface area contributed by atoms with Crippen molar-refractivity contribution in [1.29, 1.82) is 0 Å². The van der Waals surface area contributed by atoms with Crippen LogP contribution in [0.1, 0.15) is 26.3 Å². The molecule has 16 heteroatoms. The zero-order valence-electron chi connectivity index (χ0n) is 22.0. The Labute approximate surface area is 226 Å². The molecule has 0 bridgehead atoms. The molecule has 0 amide bonds. The minimum atomic E-state index is -5.08. The Bertz CT molecular complexity index is 1560. The molecule has 0 aliphatic carbocycles. The van der Waals surface area contributed by atoms with Crippen molar-refractivity contribution in [3.05, 3.63) is 48.0 Å². The fraction of sp³-hybridized carbons (Fsp3) is 0.375. The summed E-state index contributed by atoms with van der Waals surface area (Å²) in [5.74, 6) is -2.25. The van der Waals surface area contributed by atoms with Crippen LogP contribution in [0.4, 0.5) is 17.6 Å². The number of benzene rings is 1. The first-order valence-electron chi connectivity index (χ1n) is 11.4. The van der Waals surface area contributed by atoms with Crippen molar-refractivity contribution in [3.8, 4) is 28.6 Å². The molecule has 2 aromatic heterocycles. The van der Waals surface area contributed by atoms with Crippen LogP contribution in [0.3, 0.4) is 0 Å². The predicted octanol–water partition coefficient (Wildman–Crippen LogP) is 4.04. The van der Waals surface area contributed by atoms with E-state index in [1.807, 2.05) is 0 Å². The van der Waals surface area contributed by atoms with E-state index in [2.05, 4.69) is 24.5 Å². The molecule has 216 valence electrons. The Balaban J connectivity index is 0.000000559. The summed E-state index contributed by atoms with van der Waals surface area (Å²) in [4.78, 5) is 21.8. The van der Waals surface area contributed by atoms with Gasteiger partial charge >= 0.3 is 12.1 Å². The summed E-state index contributed by atoms with van der Waals surface area (Å²) < 4.78 is 74.1. The van der Waals surface area contributed by atoms with E-state index in [0.717, 1.165) is 0 Å². The maximum absolute atomic E-state index is 15.0. The highest BCUT2D eigenvalue weighted by Gasteiger charge is 2.47. The summed E-state index contributed by atoms with van der Waals surface area (Å²) >= 11 is 0.